The Kier molecular flexibility index (Phi) is 4.29. The van der Waals surface area contributed by atoms with Crippen LogP contribution in [0, 0.1) is 30.1 Å². The number of fused-ring (bicyclic) bond motifs is 3. The van der Waals surface area contributed by atoms with Crippen molar-refractivity contribution in [2.45, 2.75) is 50.8 Å². The topological polar surface area (TPSA) is 76.7 Å². The Morgan fingerprint density at radius 2 is 2.21 bits per heavy atom. The van der Waals surface area contributed by atoms with Crippen LogP contribution in [0.3, 0.4) is 0 Å². The second-order valence-corrected chi connectivity index (χ2v) is 8.65. The number of hydrogen-bond donors (Lipinski definition) is 2. The van der Waals surface area contributed by atoms with Gasteiger partial charge in [0.2, 0.25) is 5.91 Å². The Labute approximate surface area is 165 Å². The number of terminal acetylenes is 1. The predicted octanol–water partition coefficient (Wildman–Crippen LogP) is 2.48. The van der Waals surface area contributed by atoms with Crippen LogP contribution in [-0.4, -0.2) is 30.2 Å². The normalized spacial score (nSPS) is 30.6. The fraction of sp³-hybridized carbons (Fsp3) is 0.545. The van der Waals surface area contributed by atoms with E-state index in [1.165, 1.54) is 0 Å². The molecule has 1 heterocycles. The standard InChI is InChI=1S/C22H26N2O4/c1-5-21(2,3)23-20(26)17-10-14-7-6-13(17)12-22(14)24-19(25)16-9-8-15(27-4)11-18(16)28-22/h1,8-9,11,13-14,17H,6-7,10,12H2,2-4H3,(H,23,26)(H,24,25)/t13-,14+,17-,22+/m1/s1. The average Bonchev–Trinajstić information content (AvgIpc) is 2.67. The summed E-state index contributed by atoms with van der Waals surface area (Å²) in [6.45, 7) is 3.64. The molecular formula is C22H26N2O4. The van der Waals surface area contributed by atoms with E-state index in [2.05, 4.69) is 16.6 Å². The third-order valence-electron chi connectivity index (χ3n) is 6.40. The van der Waals surface area contributed by atoms with Gasteiger partial charge >= 0.3 is 0 Å². The van der Waals surface area contributed by atoms with Gasteiger partial charge < -0.3 is 20.1 Å². The van der Waals surface area contributed by atoms with Gasteiger partial charge in [0.25, 0.3) is 5.91 Å². The van der Waals surface area contributed by atoms with E-state index in [4.69, 9.17) is 15.9 Å². The quantitative estimate of drug-likeness (QED) is 0.788. The maximum Gasteiger partial charge on any atom is 0.258 e. The van der Waals surface area contributed by atoms with Crippen molar-refractivity contribution < 1.29 is 19.1 Å². The first-order chi connectivity index (χ1) is 13.3. The fourth-order valence-electron chi connectivity index (χ4n) is 4.88. The molecule has 2 bridgehead atoms. The lowest BCUT2D eigenvalue weighted by Crippen LogP contribution is -2.67. The van der Waals surface area contributed by atoms with Gasteiger partial charge in [0, 0.05) is 24.3 Å². The van der Waals surface area contributed by atoms with E-state index in [1.807, 2.05) is 13.8 Å². The van der Waals surface area contributed by atoms with E-state index in [-0.39, 0.29) is 29.6 Å². The summed E-state index contributed by atoms with van der Waals surface area (Å²) in [5.74, 6) is 3.79. The summed E-state index contributed by atoms with van der Waals surface area (Å²) in [6.07, 6.45) is 8.68. The van der Waals surface area contributed by atoms with Crippen molar-refractivity contribution in [3.05, 3.63) is 23.8 Å². The number of ether oxygens (including phenoxy) is 2. The van der Waals surface area contributed by atoms with Crippen LogP contribution in [0.5, 0.6) is 11.5 Å². The van der Waals surface area contributed by atoms with Crippen LogP contribution < -0.4 is 20.1 Å². The molecule has 6 heteroatoms. The van der Waals surface area contributed by atoms with Gasteiger partial charge in [0.05, 0.1) is 18.2 Å². The molecule has 28 heavy (non-hydrogen) atoms. The molecule has 5 rings (SSSR count). The van der Waals surface area contributed by atoms with E-state index in [1.54, 1.807) is 25.3 Å². The van der Waals surface area contributed by atoms with Crippen molar-refractivity contribution >= 4 is 11.8 Å². The van der Waals surface area contributed by atoms with Crippen LogP contribution in [-0.2, 0) is 4.79 Å². The van der Waals surface area contributed by atoms with Gasteiger partial charge in [-0.25, -0.2) is 0 Å². The zero-order chi connectivity index (χ0) is 20.1. The minimum Gasteiger partial charge on any atom is -0.497 e. The van der Waals surface area contributed by atoms with Crippen molar-refractivity contribution in [3.8, 4) is 23.8 Å². The molecule has 2 N–H and O–H groups in total. The highest BCUT2D eigenvalue weighted by Crippen LogP contribution is 2.52. The molecule has 1 aromatic rings. The Bertz CT molecular complexity index is 872. The average molecular weight is 382 g/mol. The summed E-state index contributed by atoms with van der Waals surface area (Å²) < 4.78 is 11.7. The van der Waals surface area contributed by atoms with Gasteiger partial charge in [0.1, 0.15) is 11.5 Å². The molecule has 3 fully saturated rings. The maximum atomic E-state index is 12.8. The van der Waals surface area contributed by atoms with Gasteiger partial charge in [-0.2, -0.15) is 0 Å². The van der Waals surface area contributed by atoms with Crippen molar-refractivity contribution in [2.24, 2.45) is 17.8 Å². The molecule has 2 amide bonds. The molecule has 0 aromatic heterocycles. The number of methoxy groups -OCH3 is 1. The molecule has 6 nitrogen and oxygen atoms in total. The lowest BCUT2D eigenvalue weighted by Gasteiger charge is -2.55. The Morgan fingerprint density at radius 1 is 1.43 bits per heavy atom. The van der Waals surface area contributed by atoms with Crippen molar-refractivity contribution in [2.75, 3.05) is 7.11 Å². The molecule has 1 aliphatic heterocycles. The first-order valence-corrected chi connectivity index (χ1v) is 9.76. The van der Waals surface area contributed by atoms with Crippen molar-refractivity contribution in [3.63, 3.8) is 0 Å². The highest BCUT2D eigenvalue weighted by Gasteiger charge is 2.57. The summed E-state index contributed by atoms with van der Waals surface area (Å²) in [7, 11) is 1.59. The molecular weight excluding hydrogens is 356 g/mol. The zero-order valence-corrected chi connectivity index (χ0v) is 16.5. The van der Waals surface area contributed by atoms with Crippen LogP contribution in [0.25, 0.3) is 0 Å². The summed E-state index contributed by atoms with van der Waals surface area (Å²) >= 11 is 0. The second kappa shape index (κ2) is 6.44. The summed E-state index contributed by atoms with van der Waals surface area (Å²) in [5.41, 5.74) is -0.910. The fourth-order valence-corrected chi connectivity index (χ4v) is 4.88. The zero-order valence-electron chi connectivity index (χ0n) is 16.5. The van der Waals surface area contributed by atoms with Gasteiger partial charge in [-0.3, -0.25) is 9.59 Å². The van der Waals surface area contributed by atoms with Crippen LogP contribution in [0.2, 0.25) is 0 Å². The number of carbonyl (C=O) groups excluding carboxylic acids is 2. The highest BCUT2D eigenvalue weighted by atomic mass is 16.5. The minimum atomic E-state index is -0.752. The Hall–Kier alpha value is -2.68. The van der Waals surface area contributed by atoms with Crippen LogP contribution >= 0.6 is 0 Å². The first-order valence-electron chi connectivity index (χ1n) is 9.76. The molecule has 4 aliphatic rings. The van der Waals surface area contributed by atoms with Crippen LogP contribution in [0.4, 0.5) is 0 Å². The van der Waals surface area contributed by atoms with Crippen molar-refractivity contribution in [1.82, 2.24) is 10.6 Å². The smallest absolute Gasteiger partial charge is 0.258 e. The molecule has 0 saturated heterocycles. The van der Waals surface area contributed by atoms with E-state index in [0.29, 0.717) is 29.9 Å². The number of hydrogen-bond acceptors (Lipinski definition) is 4. The molecule has 0 unspecified atom stereocenters. The molecule has 148 valence electrons. The monoisotopic (exact) mass is 382 g/mol. The third kappa shape index (κ3) is 2.99. The van der Waals surface area contributed by atoms with Gasteiger partial charge in [-0.1, -0.05) is 5.92 Å². The van der Waals surface area contributed by atoms with E-state index < -0.39 is 11.3 Å². The highest BCUT2D eigenvalue weighted by molar-refractivity contribution is 5.98. The predicted molar refractivity (Wildman–Crippen MR) is 104 cm³/mol. The number of carbonyl (C=O) groups is 2. The number of amides is 2. The molecule has 0 radical (unpaired) electrons. The minimum absolute atomic E-state index is 0.00305. The van der Waals surface area contributed by atoms with Gasteiger partial charge in [-0.05, 0) is 51.2 Å². The maximum absolute atomic E-state index is 12.8. The lowest BCUT2D eigenvalue weighted by atomic mass is 9.59. The summed E-state index contributed by atoms with van der Waals surface area (Å²) in [5, 5.41) is 6.08. The molecule has 3 aliphatic carbocycles. The van der Waals surface area contributed by atoms with Crippen LogP contribution in [0.1, 0.15) is 49.9 Å². The largest absolute Gasteiger partial charge is 0.497 e. The second-order valence-electron chi connectivity index (χ2n) is 8.65. The van der Waals surface area contributed by atoms with E-state index in [0.717, 1.165) is 12.8 Å². The number of rotatable bonds is 3. The number of nitrogens with one attached hydrogen (secondary N) is 2. The van der Waals surface area contributed by atoms with Gasteiger partial charge in [0.15, 0.2) is 5.72 Å². The van der Waals surface area contributed by atoms with Crippen LogP contribution in [0.15, 0.2) is 18.2 Å². The molecule has 1 aromatic carbocycles. The van der Waals surface area contributed by atoms with Gasteiger partial charge in [-0.15, -0.1) is 6.42 Å². The van der Waals surface area contributed by atoms with Crippen molar-refractivity contribution in [1.29, 1.82) is 0 Å². The Morgan fingerprint density at radius 3 is 2.86 bits per heavy atom. The number of benzene rings is 1. The first kappa shape index (κ1) is 18.7. The lowest BCUT2D eigenvalue weighted by molar-refractivity contribution is -0.147. The molecule has 4 atom stereocenters. The summed E-state index contributed by atoms with van der Waals surface area (Å²) in [6, 6.07) is 5.23. The molecule has 1 spiro atoms. The van der Waals surface area contributed by atoms with E-state index in [9.17, 15) is 9.59 Å². The van der Waals surface area contributed by atoms with E-state index >= 15 is 0 Å². The summed E-state index contributed by atoms with van der Waals surface area (Å²) in [4.78, 5) is 25.6. The molecule has 3 saturated carbocycles. The SMILES string of the molecule is C#CC(C)(C)NC(=O)[C@@H]1C[C@@H]2CC[C@@H]1C[C@@]21NC(=O)c2ccc(OC)cc2O1. The Balaban J connectivity index is 1.57. The third-order valence-corrected chi connectivity index (χ3v) is 6.40.